The molecule has 0 aromatic carbocycles. The molecule has 4 nitrogen and oxygen atoms in total. The molecule has 1 N–H and O–H groups in total. The Kier molecular flexibility index (Phi) is 2.96. The molecule has 0 aliphatic carbocycles. The van der Waals surface area contributed by atoms with Crippen LogP contribution in [0.1, 0.15) is 6.42 Å². The minimum Gasteiger partial charge on any atom is -0.354 e. The molecule has 1 aromatic heterocycles. The third-order valence-corrected chi connectivity index (χ3v) is 3.54. The van der Waals surface area contributed by atoms with Gasteiger partial charge in [0.1, 0.15) is 9.39 Å². The third-order valence-electron chi connectivity index (χ3n) is 2.21. The molecule has 6 heteroatoms. The van der Waals surface area contributed by atoms with E-state index in [0.717, 1.165) is 25.3 Å². The number of rotatable bonds is 1. The summed E-state index contributed by atoms with van der Waals surface area (Å²) in [6, 6.07) is 0. The molecule has 0 spiro atoms. The summed E-state index contributed by atoms with van der Waals surface area (Å²) in [5.41, 5.74) is -0.0892. The number of anilines is 1. The number of hydrogen-bond acceptors (Lipinski definition) is 3. The van der Waals surface area contributed by atoms with E-state index in [0.29, 0.717) is 3.57 Å². The van der Waals surface area contributed by atoms with E-state index in [1.54, 1.807) is 0 Å². The van der Waals surface area contributed by atoms with E-state index in [1.165, 1.54) is 6.33 Å². The van der Waals surface area contributed by atoms with Crippen LogP contribution in [0.2, 0.25) is 0 Å². The van der Waals surface area contributed by atoms with Crippen molar-refractivity contribution in [3.8, 4) is 0 Å². The molecule has 14 heavy (non-hydrogen) atoms. The standard InChI is InChI=1S/C8H9ClIN3O/c9-5-1-2-13(3-5)7-6(10)8(14)12-4-11-7/h4-5H,1-3H2,(H,11,12,14). The largest absolute Gasteiger partial charge is 0.354 e. The number of aromatic nitrogens is 2. The van der Waals surface area contributed by atoms with Crippen LogP contribution in [-0.2, 0) is 0 Å². The van der Waals surface area contributed by atoms with E-state index in [1.807, 2.05) is 22.6 Å². The summed E-state index contributed by atoms with van der Waals surface area (Å²) >= 11 is 8.00. The molecule has 1 fully saturated rings. The van der Waals surface area contributed by atoms with E-state index in [2.05, 4.69) is 14.9 Å². The predicted molar refractivity (Wildman–Crippen MR) is 64.0 cm³/mol. The van der Waals surface area contributed by atoms with Crippen molar-refractivity contribution >= 4 is 40.0 Å². The second kappa shape index (κ2) is 4.06. The molecular weight excluding hydrogens is 316 g/mol. The molecule has 1 aromatic rings. The molecule has 1 unspecified atom stereocenters. The zero-order valence-electron chi connectivity index (χ0n) is 7.33. The summed E-state index contributed by atoms with van der Waals surface area (Å²) in [5.74, 6) is 0.748. The van der Waals surface area contributed by atoms with Gasteiger partial charge in [-0.25, -0.2) is 4.98 Å². The van der Waals surface area contributed by atoms with Crippen LogP contribution in [0.4, 0.5) is 5.82 Å². The van der Waals surface area contributed by atoms with Gasteiger partial charge < -0.3 is 9.88 Å². The summed E-state index contributed by atoms with van der Waals surface area (Å²) in [4.78, 5) is 20.1. The van der Waals surface area contributed by atoms with Crippen molar-refractivity contribution in [2.45, 2.75) is 11.8 Å². The Morgan fingerprint density at radius 2 is 2.50 bits per heavy atom. The first-order valence-electron chi connectivity index (χ1n) is 4.30. The Labute approximate surface area is 99.8 Å². The summed E-state index contributed by atoms with van der Waals surface area (Å²) in [6.07, 6.45) is 2.38. The summed E-state index contributed by atoms with van der Waals surface area (Å²) in [7, 11) is 0. The number of hydrogen-bond donors (Lipinski definition) is 1. The summed E-state index contributed by atoms with van der Waals surface area (Å²) < 4.78 is 0.635. The van der Waals surface area contributed by atoms with Crippen LogP contribution in [0, 0.1) is 3.57 Å². The average molecular weight is 326 g/mol. The Morgan fingerprint density at radius 1 is 1.71 bits per heavy atom. The van der Waals surface area contributed by atoms with Crippen LogP contribution in [0.5, 0.6) is 0 Å². The first-order valence-corrected chi connectivity index (χ1v) is 5.82. The molecule has 1 atom stereocenters. The molecule has 0 radical (unpaired) electrons. The number of alkyl halides is 1. The van der Waals surface area contributed by atoms with Crippen molar-refractivity contribution in [1.29, 1.82) is 0 Å². The van der Waals surface area contributed by atoms with Gasteiger partial charge in [0.2, 0.25) is 0 Å². The highest BCUT2D eigenvalue weighted by molar-refractivity contribution is 14.1. The maximum Gasteiger partial charge on any atom is 0.266 e. The highest BCUT2D eigenvalue weighted by Gasteiger charge is 2.23. The summed E-state index contributed by atoms with van der Waals surface area (Å²) in [5, 5.41) is 0.173. The highest BCUT2D eigenvalue weighted by atomic mass is 127. The molecule has 1 saturated heterocycles. The number of nitrogens with one attached hydrogen (secondary N) is 1. The van der Waals surface area contributed by atoms with E-state index < -0.39 is 0 Å². The van der Waals surface area contributed by atoms with Gasteiger partial charge >= 0.3 is 0 Å². The molecule has 1 aliphatic heterocycles. The van der Waals surface area contributed by atoms with Gasteiger partial charge in [-0.2, -0.15) is 0 Å². The van der Waals surface area contributed by atoms with Gasteiger partial charge in [-0.05, 0) is 29.0 Å². The van der Waals surface area contributed by atoms with Crippen molar-refractivity contribution in [2.75, 3.05) is 18.0 Å². The van der Waals surface area contributed by atoms with E-state index >= 15 is 0 Å². The van der Waals surface area contributed by atoms with Gasteiger partial charge in [-0.15, -0.1) is 11.6 Å². The van der Waals surface area contributed by atoms with Crippen LogP contribution in [-0.4, -0.2) is 28.4 Å². The SMILES string of the molecule is O=c1[nH]cnc(N2CCC(Cl)C2)c1I. The van der Waals surface area contributed by atoms with Crippen molar-refractivity contribution < 1.29 is 0 Å². The van der Waals surface area contributed by atoms with Crippen molar-refractivity contribution in [3.63, 3.8) is 0 Å². The van der Waals surface area contributed by atoms with Crippen LogP contribution in [0.15, 0.2) is 11.1 Å². The van der Waals surface area contributed by atoms with Gasteiger partial charge in [0.25, 0.3) is 5.56 Å². The second-order valence-electron chi connectivity index (χ2n) is 3.20. The molecule has 0 saturated carbocycles. The minimum absolute atomic E-state index is 0.0892. The lowest BCUT2D eigenvalue weighted by Crippen LogP contribution is -2.25. The molecular formula is C8H9ClIN3O. The average Bonchev–Trinajstić information content (AvgIpc) is 2.57. The number of halogens is 2. The maximum atomic E-state index is 11.3. The zero-order chi connectivity index (χ0) is 10.1. The fourth-order valence-electron chi connectivity index (χ4n) is 1.50. The molecule has 2 heterocycles. The lowest BCUT2D eigenvalue weighted by atomic mass is 10.4. The van der Waals surface area contributed by atoms with Gasteiger partial charge in [-0.3, -0.25) is 4.79 Å². The fourth-order valence-corrected chi connectivity index (χ4v) is 2.40. The number of nitrogens with zero attached hydrogens (tertiary/aromatic N) is 2. The Hall–Kier alpha value is -0.300. The van der Waals surface area contributed by atoms with Crippen molar-refractivity contribution in [2.24, 2.45) is 0 Å². The Balaban J connectivity index is 2.33. The molecule has 0 amide bonds. The highest BCUT2D eigenvalue weighted by Crippen LogP contribution is 2.22. The lowest BCUT2D eigenvalue weighted by molar-refractivity contribution is 0.913. The lowest BCUT2D eigenvalue weighted by Gasteiger charge is -2.16. The monoisotopic (exact) mass is 325 g/mol. The number of aromatic amines is 1. The van der Waals surface area contributed by atoms with Crippen molar-refractivity contribution in [1.82, 2.24) is 9.97 Å². The van der Waals surface area contributed by atoms with Gasteiger partial charge in [0.05, 0.1) is 11.7 Å². The Bertz CT molecular complexity index is 394. The predicted octanol–water partition coefficient (Wildman–Crippen LogP) is 1.19. The van der Waals surface area contributed by atoms with E-state index in [-0.39, 0.29) is 10.9 Å². The van der Waals surface area contributed by atoms with E-state index in [4.69, 9.17) is 11.6 Å². The molecule has 2 rings (SSSR count). The maximum absolute atomic E-state index is 11.3. The molecule has 1 aliphatic rings. The smallest absolute Gasteiger partial charge is 0.266 e. The van der Waals surface area contributed by atoms with Crippen molar-refractivity contribution in [3.05, 3.63) is 20.3 Å². The quantitative estimate of drug-likeness (QED) is 0.623. The van der Waals surface area contributed by atoms with Crippen LogP contribution in [0.25, 0.3) is 0 Å². The molecule has 0 bridgehead atoms. The van der Waals surface area contributed by atoms with Gasteiger partial charge in [-0.1, -0.05) is 0 Å². The minimum atomic E-state index is -0.0892. The van der Waals surface area contributed by atoms with E-state index in [9.17, 15) is 4.79 Å². The Morgan fingerprint density at radius 3 is 3.14 bits per heavy atom. The fraction of sp³-hybridized carbons (Fsp3) is 0.500. The molecule has 76 valence electrons. The summed E-state index contributed by atoms with van der Waals surface area (Å²) in [6.45, 7) is 1.65. The zero-order valence-corrected chi connectivity index (χ0v) is 10.2. The third kappa shape index (κ3) is 1.88. The first-order chi connectivity index (χ1) is 6.68. The topological polar surface area (TPSA) is 49.0 Å². The van der Waals surface area contributed by atoms with Crippen LogP contribution in [0.3, 0.4) is 0 Å². The normalized spacial score (nSPS) is 21.6. The second-order valence-corrected chi connectivity index (χ2v) is 4.90. The van der Waals surface area contributed by atoms with Gasteiger partial charge in [0, 0.05) is 13.1 Å². The first kappa shape index (κ1) is 10.2. The number of H-pyrrole nitrogens is 1. The van der Waals surface area contributed by atoms with Gasteiger partial charge in [0.15, 0.2) is 0 Å². The van der Waals surface area contributed by atoms with Crippen LogP contribution >= 0.6 is 34.2 Å². The van der Waals surface area contributed by atoms with Crippen LogP contribution < -0.4 is 10.5 Å².